The first-order valence-electron chi connectivity index (χ1n) is 6.89. The molecule has 0 amide bonds. The van der Waals surface area contributed by atoms with Crippen molar-refractivity contribution in [3.63, 3.8) is 0 Å². The summed E-state index contributed by atoms with van der Waals surface area (Å²) < 4.78 is 12.2. The third kappa shape index (κ3) is 4.48. The highest BCUT2D eigenvalue weighted by molar-refractivity contribution is 9.10. The van der Waals surface area contributed by atoms with E-state index in [9.17, 15) is 0 Å². The zero-order valence-electron chi connectivity index (χ0n) is 12.3. The molecule has 0 aliphatic rings. The van der Waals surface area contributed by atoms with Gasteiger partial charge in [-0.25, -0.2) is 0 Å². The van der Waals surface area contributed by atoms with E-state index in [0.717, 1.165) is 33.5 Å². The lowest BCUT2D eigenvalue weighted by atomic mass is 10.1. The molecule has 0 aromatic heterocycles. The zero-order valence-corrected chi connectivity index (χ0v) is 13.9. The maximum atomic E-state index is 6.00. The van der Waals surface area contributed by atoms with Crippen molar-refractivity contribution in [2.24, 2.45) is 5.73 Å². The van der Waals surface area contributed by atoms with Gasteiger partial charge in [-0.15, -0.1) is 0 Å². The Kier molecular flexibility index (Phi) is 5.65. The number of rotatable bonds is 6. The van der Waals surface area contributed by atoms with Crippen molar-refractivity contribution in [2.75, 3.05) is 7.11 Å². The van der Waals surface area contributed by atoms with Crippen molar-refractivity contribution < 1.29 is 9.47 Å². The highest BCUT2D eigenvalue weighted by Crippen LogP contribution is 2.30. The van der Waals surface area contributed by atoms with E-state index in [1.807, 2.05) is 43.3 Å². The fourth-order valence-electron chi connectivity index (χ4n) is 2.14. The molecule has 0 bridgehead atoms. The number of hydrogen-bond acceptors (Lipinski definition) is 3. The molecule has 1 unspecified atom stereocenters. The molecule has 0 spiro atoms. The highest BCUT2D eigenvalue weighted by atomic mass is 79.9. The normalized spacial score (nSPS) is 12.0. The van der Waals surface area contributed by atoms with Crippen molar-refractivity contribution in [3.8, 4) is 11.5 Å². The Morgan fingerprint density at radius 2 is 1.95 bits per heavy atom. The van der Waals surface area contributed by atoms with Crippen LogP contribution >= 0.6 is 15.9 Å². The van der Waals surface area contributed by atoms with E-state index in [0.29, 0.717) is 6.61 Å². The summed E-state index contributed by atoms with van der Waals surface area (Å²) in [5, 5.41) is 0. The number of ether oxygens (including phenoxy) is 2. The Morgan fingerprint density at radius 1 is 1.19 bits per heavy atom. The first kappa shape index (κ1) is 15.9. The third-order valence-electron chi connectivity index (χ3n) is 3.11. The minimum atomic E-state index is 0.0958. The molecule has 0 fully saturated rings. The maximum absolute atomic E-state index is 6.00. The lowest BCUT2D eigenvalue weighted by Gasteiger charge is -2.15. The molecule has 0 radical (unpaired) electrons. The van der Waals surface area contributed by atoms with Gasteiger partial charge in [0, 0.05) is 6.04 Å². The van der Waals surface area contributed by atoms with Crippen molar-refractivity contribution in [1.29, 1.82) is 0 Å². The monoisotopic (exact) mass is 349 g/mol. The average molecular weight is 350 g/mol. The van der Waals surface area contributed by atoms with Crippen molar-refractivity contribution in [3.05, 3.63) is 58.1 Å². The van der Waals surface area contributed by atoms with Crippen molar-refractivity contribution in [2.45, 2.75) is 26.0 Å². The summed E-state index contributed by atoms with van der Waals surface area (Å²) in [5.41, 5.74) is 8.08. The molecule has 1 atom stereocenters. The van der Waals surface area contributed by atoms with E-state index in [-0.39, 0.29) is 6.04 Å². The molecule has 0 saturated carbocycles. The fourth-order valence-corrected chi connectivity index (χ4v) is 2.66. The average Bonchev–Trinajstić information content (AvgIpc) is 2.46. The molecule has 0 saturated heterocycles. The molecule has 0 heterocycles. The van der Waals surface area contributed by atoms with Gasteiger partial charge in [0.1, 0.15) is 18.1 Å². The molecule has 21 heavy (non-hydrogen) atoms. The number of hydrogen-bond donors (Lipinski definition) is 1. The quantitative estimate of drug-likeness (QED) is 0.859. The molecule has 2 aromatic carbocycles. The van der Waals surface area contributed by atoms with Gasteiger partial charge < -0.3 is 15.2 Å². The van der Waals surface area contributed by atoms with Crippen LogP contribution in [0, 0.1) is 0 Å². The number of para-hydroxylation sites is 1. The van der Waals surface area contributed by atoms with Crippen LogP contribution in [0.15, 0.2) is 46.9 Å². The van der Waals surface area contributed by atoms with Crippen LogP contribution in [-0.4, -0.2) is 13.2 Å². The maximum Gasteiger partial charge on any atom is 0.137 e. The molecule has 4 heteroatoms. The van der Waals surface area contributed by atoms with Crippen LogP contribution in [0.2, 0.25) is 0 Å². The molecule has 3 nitrogen and oxygen atoms in total. The summed E-state index contributed by atoms with van der Waals surface area (Å²) in [6, 6.07) is 14.0. The lowest BCUT2D eigenvalue weighted by molar-refractivity contribution is 0.299. The Morgan fingerprint density at radius 3 is 2.67 bits per heavy atom. The van der Waals surface area contributed by atoms with Crippen LogP contribution in [0.25, 0.3) is 0 Å². The summed E-state index contributed by atoms with van der Waals surface area (Å²) in [4.78, 5) is 0. The first-order chi connectivity index (χ1) is 10.1. The van der Waals surface area contributed by atoms with E-state index in [2.05, 4.69) is 22.0 Å². The van der Waals surface area contributed by atoms with E-state index >= 15 is 0 Å². The Bertz CT molecular complexity index is 599. The van der Waals surface area contributed by atoms with E-state index in [1.54, 1.807) is 7.11 Å². The molecule has 112 valence electrons. The van der Waals surface area contributed by atoms with Gasteiger partial charge in [-0.05, 0) is 58.6 Å². The molecule has 0 aliphatic carbocycles. The predicted molar refractivity (Wildman–Crippen MR) is 88.8 cm³/mol. The Labute approximate surface area is 134 Å². The van der Waals surface area contributed by atoms with Crippen molar-refractivity contribution >= 4 is 15.9 Å². The molecule has 2 aromatic rings. The summed E-state index contributed by atoms with van der Waals surface area (Å²) in [5.74, 6) is 1.69. The van der Waals surface area contributed by atoms with E-state index < -0.39 is 0 Å². The van der Waals surface area contributed by atoms with Gasteiger partial charge in [0.05, 0.1) is 11.6 Å². The van der Waals surface area contributed by atoms with Gasteiger partial charge in [0.15, 0.2) is 0 Å². The largest absolute Gasteiger partial charge is 0.497 e. The highest BCUT2D eigenvalue weighted by Gasteiger charge is 2.10. The number of halogens is 1. The second-order valence-electron chi connectivity index (χ2n) is 5.05. The van der Waals surface area contributed by atoms with Gasteiger partial charge in [-0.3, -0.25) is 0 Å². The summed E-state index contributed by atoms with van der Waals surface area (Å²) in [6.45, 7) is 2.48. The van der Waals surface area contributed by atoms with Crippen LogP contribution in [-0.2, 0) is 13.0 Å². The van der Waals surface area contributed by atoms with Crippen molar-refractivity contribution in [1.82, 2.24) is 0 Å². The number of benzene rings is 2. The van der Waals surface area contributed by atoms with E-state index in [1.165, 1.54) is 0 Å². The fraction of sp³-hybridized carbons (Fsp3) is 0.294. The summed E-state index contributed by atoms with van der Waals surface area (Å²) in [7, 11) is 1.66. The van der Waals surface area contributed by atoms with Crippen LogP contribution in [0.5, 0.6) is 11.5 Å². The van der Waals surface area contributed by atoms with Crippen LogP contribution in [0.4, 0.5) is 0 Å². The SMILES string of the molecule is COc1cccc(COc2c(Br)cccc2CC(C)N)c1. The van der Waals surface area contributed by atoms with Crippen LogP contribution < -0.4 is 15.2 Å². The molecule has 2 rings (SSSR count). The smallest absolute Gasteiger partial charge is 0.137 e. The van der Waals surface area contributed by atoms with E-state index in [4.69, 9.17) is 15.2 Å². The minimum Gasteiger partial charge on any atom is -0.497 e. The molecular formula is C17H20BrNO2. The Hall–Kier alpha value is -1.52. The molecule has 0 aliphatic heterocycles. The molecular weight excluding hydrogens is 330 g/mol. The second-order valence-corrected chi connectivity index (χ2v) is 5.90. The van der Waals surface area contributed by atoms with Gasteiger partial charge in [-0.2, -0.15) is 0 Å². The van der Waals surface area contributed by atoms with Gasteiger partial charge in [0.2, 0.25) is 0 Å². The number of nitrogens with two attached hydrogens (primary N) is 1. The summed E-state index contributed by atoms with van der Waals surface area (Å²) >= 11 is 3.55. The first-order valence-corrected chi connectivity index (χ1v) is 7.68. The zero-order chi connectivity index (χ0) is 15.2. The standard InChI is InChI=1S/C17H20BrNO2/c1-12(19)9-14-6-4-8-16(18)17(14)21-11-13-5-3-7-15(10-13)20-2/h3-8,10,12H,9,11,19H2,1-2H3. The third-order valence-corrected chi connectivity index (χ3v) is 3.73. The number of methoxy groups -OCH3 is 1. The van der Waals surface area contributed by atoms with Gasteiger partial charge in [-0.1, -0.05) is 24.3 Å². The van der Waals surface area contributed by atoms with Gasteiger partial charge >= 0.3 is 0 Å². The van der Waals surface area contributed by atoms with Crippen LogP contribution in [0.3, 0.4) is 0 Å². The summed E-state index contributed by atoms with van der Waals surface area (Å²) in [6.07, 6.45) is 0.785. The molecule has 2 N–H and O–H groups in total. The second kappa shape index (κ2) is 7.48. The minimum absolute atomic E-state index is 0.0958. The lowest BCUT2D eigenvalue weighted by Crippen LogP contribution is -2.18. The van der Waals surface area contributed by atoms with Crippen LogP contribution in [0.1, 0.15) is 18.1 Å². The van der Waals surface area contributed by atoms with Gasteiger partial charge in [0.25, 0.3) is 0 Å². The predicted octanol–water partition coefficient (Wildman–Crippen LogP) is 3.93. The topological polar surface area (TPSA) is 44.5 Å². The Balaban J connectivity index is 2.15.